The van der Waals surface area contributed by atoms with Crippen molar-refractivity contribution in [3.8, 4) is 0 Å². The molecule has 0 aromatic heterocycles. The Morgan fingerprint density at radius 1 is 1.24 bits per heavy atom. The van der Waals surface area contributed by atoms with Crippen LogP contribution in [0.25, 0.3) is 0 Å². The van der Waals surface area contributed by atoms with Gasteiger partial charge in [-0.2, -0.15) is 5.10 Å². The Hall–Kier alpha value is -1.39. The second kappa shape index (κ2) is 11.1. The Morgan fingerprint density at radius 3 is 2.18 bits per heavy atom. The van der Waals surface area contributed by atoms with Crippen LogP contribution in [0.15, 0.2) is 5.10 Å². The van der Waals surface area contributed by atoms with Gasteiger partial charge < -0.3 is 5.32 Å². The van der Waals surface area contributed by atoms with Crippen LogP contribution >= 0.6 is 0 Å². The standard InChI is InChI=1S/C10H19N3O2.C2H6/c1-5-7(2)10(15)11-6-8(3)12-13-9(4)14;1-2/h7H,5-6H2,1-4H3,(H,11,15)(H,13,14);1-2H3/b12-8+;. The summed E-state index contributed by atoms with van der Waals surface area (Å²) in [7, 11) is 0. The van der Waals surface area contributed by atoms with Crippen LogP contribution in [0.1, 0.15) is 48.0 Å². The summed E-state index contributed by atoms with van der Waals surface area (Å²) in [5, 5.41) is 6.52. The zero-order chi connectivity index (χ0) is 13.8. The summed E-state index contributed by atoms with van der Waals surface area (Å²) in [4.78, 5) is 21.9. The first kappa shape index (κ1) is 18.0. The molecule has 100 valence electrons. The molecule has 0 fully saturated rings. The van der Waals surface area contributed by atoms with Gasteiger partial charge in [0, 0.05) is 12.8 Å². The second-order valence-electron chi connectivity index (χ2n) is 3.54. The van der Waals surface area contributed by atoms with Crippen molar-refractivity contribution in [3.63, 3.8) is 0 Å². The lowest BCUT2D eigenvalue weighted by Gasteiger charge is -2.09. The van der Waals surface area contributed by atoms with Gasteiger partial charge in [0.05, 0.1) is 12.3 Å². The number of amides is 2. The summed E-state index contributed by atoms with van der Waals surface area (Å²) in [6.07, 6.45) is 0.813. The van der Waals surface area contributed by atoms with Crippen molar-refractivity contribution >= 4 is 17.5 Å². The van der Waals surface area contributed by atoms with Crippen LogP contribution in [0.5, 0.6) is 0 Å². The molecule has 0 aliphatic heterocycles. The molecule has 1 unspecified atom stereocenters. The van der Waals surface area contributed by atoms with E-state index in [0.717, 1.165) is 6.42 Å². The Morgan fingerprint density at radius 2 is 1.76 bits per heavy atom. The van der Waals surface area contributed by atoms with Gasteiger partial charge in [0.1, 0.15) is 0 Å². The van der Waals surface area contributed by atoms with Gasteiger partial charge in [-0.15, -0.1) is 0 Å². The average Bonchev–Trinajstić information content (AvgIpc) is 2.34. The number of nitrogens with one attached hydrogen (secondary N) is 2. The molecule has 0 radical (unpaired) electrons. The van der Waals surface area contributed by atoms with Gasteiger partial charge in [0.15, 0.2) is 0 Å². The molecule has 0 saturated carbocycles. The van der Waals surface area contributed by atoms with E-state index in [-0.39, 0.29) is 17.7 Å². The highest BCUT2D eigenvalue weighted by Gasteiger charge is 2.09. The van der Waals surface area contributed by atoms with Gasteiger partial charge in [0.2, 0.25) is 11.8 Å². The van der Waals surface area contributed by atoms with E-state index in [1.54, 1.807) is 6.92 Å². The van der Waals surface area contributed by atoms with Gasteiger partial charge in [-0.05, 0) is 13.3 Å². The van der Waals surface area contributed by atoms with Crippen molar-refractivity contribution < 1.29 is 9.59 Å². The van der Waals surface area contributed by atoms with E-state index in [4.69, 9.17) is 0 Å². The lowest BCUT2D eigenvalue weighted by Crippen LogP contribution is -2.33. The van der Waals surface area contributed by atoms with Crippen LogP contribution in [0, 0.1) is 5.92 Å². The van der Waals surface area contributed by atoms with E-state index >= 15 is 0 Å². The maximum atomic E-state index is 11.4. The molecule has 1 atom stereocenters. The van der Waals surface area contributed by atoms with Crippen molar-refractivity contribution in [1.29, 1.82) is 0 Å². The topological polar surface area (TPSA) is 70.6 Å². The summed E-state index contributed by atoms with van der Waals surface area (Å²) >= 11 is 0. The van der Waals surface area contributed by atoms with Gasteiger partial charge >= 0.3 is 0 Å². The van der Waals surface area contributed by atoms with Crippen molar-refractivity contribution in [3.05, 3.63) is 0 Å². The number of rotatable bonds is 5. The quantitative estimate of drug-likeness (QED) is 0.570. The predicted octanol–water partition coefficient (Wildman–Crippen LogP) is 1.69. The normalized spacial score (nSPS) is 12.0. The largest absolute Gasteiger partial charge is 0.351 e. The zero-order valence-corrected chi connectivity index (χ0v) is 11.8. The Labute approximate surface area is 104 Å². The first-order chi connectivity index (χ1) is 7.97. The number of carbonyl (C=O) groups is 2. The smallest absolute Gasteiger partial charge is 0.236 e. The lowest BCUT2D eigenvalue weighted by atomic mass is 10.1. The highest BCUT2D eigenvalue weighted by atomic mass is 16.2. The summed E-state index contributed by atoms with van der Waals surface area (Å²) in [6.45, 7) is 11.3. The summed E-state index contributed by atoms with van der Waals surface area (Å²) in [5.74, 6) is -0.198. The minimum atomic E-state index is -0.220. The third-order valence-corrected chi connectivity index (χ3v) is 1.98. The van der Waals surface area contributed by atoms with E-state index in [2.05, 4.69) is 15.8 Å². The van der Waals surface area contributed by atoms with Crippen LogP contribution in [-0.2, 0) is 9.59 Å². The molecule has 0 aromatic rings. The molecule has 0 aliphatic carbocycles. The fraction of sp³-hybridized carbons (Fsp3) is 0.750. The Kier molecular flexibility index (Phi) is 11.8. The maximum Gasteiger partial charge on any atom is 0.236 e. The van der Waals surface area contributed by atoms with E-state index in [9.17, 15) is 9.59 Å². The fourth-order valence-corrected chi connectivity index (χ4v) is 0.788. The van der Waals surface area contributed by atoms with Crippen molar-refractivity contribution in [2.75, 3.05) is 6.54 Å². The number of hydrogen-bond acceptors (Lipinski definition) is 3. The van der Waals surface area contributed by atoms with Gasteiger partial charge in [-0.1, -0.05) is 27.7 Å². The zero-order valence-electron chi connectivity index (χ0n) is 11.8. The molecule has 0 rings (SSSR count). The molecule has 0 bridgehead atoms. The number of carbonyl (C=O) groups excluding carboxylic acids is 2. The molecule has 0 aromatic carbocycles. The minimum absolute atomic E-state index is 0.00914. The molecule has 5 heteroatoms. The van der Waals surface area contributed by atoms with Crippen molar-refractivity contribution in [2.24, 2.45) is 11.0 Å². The average molecular weight is 243 g/mol. The fourth-order valence-electron chi connectivity index (χ4n) is 0.788. The van der Waals surface area contributed by atoms with Crippen molar-refractivity contribution in [1.82, 2.24) is 10.7 Å². The Balaban J connectivity index is 0. The highest BCUT2D eigenvalue weighted by molar-refractivity contribution is 5.89. The first-order valence-corrected chi connectivity index (χ1v) is 6.04. The van der Waals surface area contributed by atoms with E-state index in [0.29, 0.717) is 12.3 Å². The monoisotopic (exact) mass is 243 g/mol. The molecule has 0 aliphatic rings. The number of hydrogen-bond donors (Lipinski definition) is 2. The van der Waals surface area contributed by atoms with E-state index in [1.807, 2.05) is 27.7 Å². The summed E-state index contributed by atoms with van der Waals surface area (Å²) in [5.41, 5.74) is 2.98. The van der Waals surface area contributed by atoms with Gasteiger partial charge in [-0.3, -0.25) is 9.59 Å². The van der Waals surface area contributed by atoms with Crippen LogP contribution in [0.2, 0.25) is 0 Å². The molecule has 0 spiro atoms. The molecule has 17 heavy (non-hydrogen) atoms. The van der Waals surface area contributed by atoms with Crippen LogP contribution in [0.4, 0.5) is 0 Å². The van der Waals surface area contributed by atoms with E-state index in [1.165, 1.54) is 6.92 Å². The summed E-state index contributed by atoms with van der Waals surface area (Å²) in [6, 6.07) is 0. The first-order valence-electron chi connectivity index (χ1n) is 6.04. The Bertz CT molecular complexity index is 262. The van der Waals surface area contributed by atoms with Crippen LogP contribution < -0.4 is 10.7 Å². The van der Waals surface area contributed by atoms with Gasteiger partial charge in [-0.25, -0.2) is 5.43 Å². The molecular weight excluding hydrogens is 218 g/mol. The number of hydrazone groups is 1. The van der Waals surface area contributed by atoms with Gasteiger partial charge in [0.25, 0.3) is 0 Å². The molecular formula is C12H25N3O2. The maximum absolute atomic E-state index is 11.4. The van der Waals surface area contributed by atoms with Crippen molar-refractivity contribution in [2.45, 2.75) is 48.0 Å². The SMILES string of the molecule is CC.CCC(C)C(=O)NC/C(C)=N/NC(C)=O. The van der Waals surface area contributed by atoms with Crippen LogP contribution in [-0.4, -0.2) is 24.1 Å². The van der Waals surface area contributed by atoms with E-state index < -0.39 is 0 Å². The molecule has 5 nitrogen and oxygen atoms in total. The molecule has 2 amide bonds. The summed E-state index contributed by atoms with van der Waals surface area (Å²) < 4.78 is 0. The lowest BCUT2D eigenvalue weighted by molar-refractivity contribution is -0.124. The third kappa shape index (κ3) is 10.9. The minimum Gasteiger partial charge on any atom is -0.351 e. The molecule has 0 heterocycles. The number of nitrogens with zero attached hydrogens (tertiary/aromatic N) is 1. The molecule has 0 saturated heterocycles. The predicted molar refractivity (Wildman–Crippen MR) is 70.7 cm³/mol. The third-order valence-electron chi connectivity index (χ3n) is 1.98. The van der Waals surface area contributed by atoms with Crippen LogP contribution in [0.3, 0.4) is 0 Å². The molecule has 2 N–H and O–H groups in total. The highest BCUT2D eigenvalue weighted by Crippen LogP contribution is 1.98. The second-order valence-corrected chi connectivity index (χ2v) is 3.54.